The predicted molar refractivity (Wildman–Crippen MR) is 135 cm³/mol. The van der Waals surface area contributed by atoms with Gasteiger partial charge in [0.25, 0.3) is 5.91 Å². The maximum absolute atomic E-state index is 13.9. The summed E-state index contributed by atoms with van der Waals surface area (Å²) < 4.78 is 10.9. The zero-order chi connectivity index (χ0) is 26.0. The van der Waals surface area contributed by atoms with E-state index in [0.717, 1.165) is 11.1 Å². The van der Waals surface area contributed by atoms with E-state index in [1.54, 1.807) is 30.2 Å². The highest BCUT2D eigenvalue weighted by Crippen LogP contribution is 2.30. The minimum Gasteiger partial charge on any atom is -0.496 e. The first-order valence-corrected chi connectivity index (χ1v) is 11.9. The van der Waals surface area contributed by atoms with E-state index >= 15 is 0 Å². The van der Waals surface area contributed by atoms with Crippen LogP contribution in [0.3, 0.4) is 0 Å². The average molecular weight is 481 g/mol. The lowest BCUT2D eigenvalue weighted by atomic mass is 9.79. The second-order valence-corrected chi connectivity index (χ2v) is 10.3. The third kappa shape index (κ3) is 6.02. The molecule has 0 bridgehead atoms. The van der Waals surface area contributed by atoms with Crippen LogP contribution in [-0.2, 0) is 4.74 Å². The van der Waals surface area contributed by atoms with Gasteiger partial charge in [0, 0.05) is 29.8 Å². The van der Waals surface area contributed by atoms with Crippen molar-refractivity contribution in [1.29, 1.82) is 0 Å². The third-order valence-electron chi connectivity index (χ3n) is 6.29. The third-order valence-corrected chi connectivity index (χ3v) is 6.29. The topological polar surface area (TPSA) is 84.9 Å². The summed E-state index contributed by atoms with van der Waals surface area (Å²) in [6, 6.07) is 11.0. The molecule has 1 fully saturated rings. The summed E-state index contributed by atoms with van der Waals surface area (Å²) in [4.78, 5) is 41.6. The van der Waals surface area contributed by atoms with E-state index in [9.17, 15) is 14.4 Å². The number of carbonyl (C=O) groups excluding carboxylic acids is 3. The number of nitrogens with zero attached hydrogens (tertiary/aromatic N) is 1. The highest BCUT2D eigenvalue weighted by atomic mass is 16.6. The molecule has 1 N–H and O–H groups in total. The second-order valence-electron chi connectivity index (χ2n) is 10.3. The zero-order valence-corrected chi connectivity index (χ0v) is 21.8. The highest BCUT2D eigenvalue weighted by Gasteiger charge is 2.44. The van der Waals surface area contributed by atoms with Crippen molar-refractivity contribution in [1.82, 2.24) is 10.2 Å². The van der Waals surface area contributed by atoms with Crippen LogP contribution < -0.4 is 10.1 Å². The van der Waals surface area contributed by atoms with Crippen LogP contribution in [0.25, 0.3) is 0 Å². The van der Waals surface area contributed by atoms with E-state index in [1.165, 1.54) is 0 Å². The van der Waals surface area contributed by atoms with Gasteiger partial charge in [-0.25, -0.2) is 4.79 Å². The average Bonchev–Trinajstić information content (AvgIpc) is 2.77. The Labute approximate surface area is 207 Å². The number of ether oxygens (including phenoxy) is 2. The first-order valence-electron chi connectivity index (χ1n) is 11.9. The van der Waals surface area contributed by atoms with Gasteiger partial charge in [-0.1, -0.05) is 23.3 Å². The minimum absolute atomic E-state index is 0.151. The van der Waals surface area contributed by atoms with Gasteiger partial charge >= 0.3 is 6.09 Å². The van der Waals surface area contributed by atoms with Crippen molar-refractivity contribution in [2.45, 2.75) is 65.5 Å². The van der Waals surface area contributed by atoms with Crippen LogP contribution >= 0.6 is 0 Å². The molecule has 7 heteroatoms. The maximum atomic E-state index is 13.9. The van der Waals surface area contributed by atoms with Crippen LogP contribution in [-0.4, -0.2) is 54.0 Å². The lowest BCUT2D eigenvalue weighted by Crippen LogP contribution is -2.61. The molecule has 7 nitrogen and oxygen atoms in total. The van der Waals surface area contributed by atoms with Gasteiger partial charge in [0.1, 0.15) is 16.9 Å². The number of likely N-dealkylation sites (tertiary alicyclic amines) is 1. The summed E-state index contributed by atoms with van der Waals surface area (Å²) in [6.45, 7) is 11.8. The SMILES string of the molecule is COc1cccc(C(=O)NC2(C(=O)c3cc(C)cc(C)c3)CCN(C(=O)OC(C)(C)C)CC2)c1C. The van der Waals surface area contributed by atoms with Crippen molar-refractivity contribution in [2.24, 2.45) is 0 Å². The fourth-order valence-corrected chi connectivity index (χ4v) is 4.55. The van der Waals surface area contributed by atoms with Crippen LogP contribution in [0.4, 0.5) is 4.79 Å². The Morgan fingerprint density at radius 1 is 0.971 bits per heavy atom. The van der Waals surface area contributed by atoms with E-state index in [1.807, 2.05) is 59.7 Å². The molecule has 0 spiro atoms. The number of amides is 2. The molecule has 3 rings (SSSR count). The standard InChI is InChI=1S/C28H36N2O5/c1-18-15-19(2)17-21(16-18)24(31)28(11-13-30(14-12-28)26(33)35-27(4,5)6)29-25(32)22-9-8-10-23(34-7)20(22)3/h8-10,15-17H,11-14H2,1-7H3,(H,29,32). The number of hydrogen-bond acceptors (Lipinski definition) is 5. The number of carbonyl (C=O) groups is 3. The van der Waals surface area contributed by atoms with Crippen molar-refractivity contribution in [3.63, 3.8) is 0 Å². The molecule has 1 aliphatic rings. The number of nitrogens with one attached hydrogen (secondary N) is 1. The number of rotatable bonds is 5. The van der Waals surface area contributed by atoms with Crippen molar-refractivity contribution >= 4 is 17.8 Å². The van der Waals surface area contributed by atoms with Gasteiger partial charge in [-0.3, -0.25) is 9.59 Å². The molecule has 0 atom stereocenters. The molecule has 1 heterocycles. The minimum atomic E-state index is -1.15. The number of methoxy groups -OCH3 is 1. The van der Waals surface area contributed by atoms with Gasteiger partial charge in [-0.05, 0) is 78.6 Å². The Hall–Kier alpha value is -3.35. The largest absolute Gasteiger partial charge is 0.496 e. The van der Waals surface area contributed by atoms with Crippen LogP contribution in [0.2, 0.25) is 0 Å². The van der Waals surface area contributed by atoms with Crippen LogP contribution in [0.5, 0.6) is 5.75 Å². The number of aryl methyl sites for hydroxylation is 2. The Morgan fingerprint density at radius 3 is 2.11 bits per heavy atom. The number of Topliss-reactive ketones (excluding diaryl/α,β-unsaturated/α-hetero) is 1. The Bertz CT molecular complexity index is 1100. The van der Waals surface area contributed by atoms with Crippen LogP contribution in [0.15, 0.2) is 36.4 Å². The smallest absolute Gasteiger partial charge is 0.410 e. The number of hydrogen-bond donors (Lipinski definition) is 1. The quantitative estimate of drug-likeness (QED) is 0.609. The van der Waals surface area contributed by atoms with Crippen molar-refractivity contribution in [3.05, 3.63) is 64.2 Å². The Balaban J connectivity index is 1.93. The second kappa shape index (κ2) is 10.1. The molecule has 0 aromatic heterocycles. The van der Waals surface area contributed by atoms with Crippen molar-refractivity contribution in [2.75, 3.05) is 20.2 Å². The zero-order valence-electron chi connectivity index (χ0n) is 21.8. The van der Waals surface area contributed by atoms with Gasteiger partial charge < -0.3 is 19.7 Å². The molecule has 0 unspecified atom stereocenters. The molecule has 2 amide bonds. The highest BCUT2D eigenvalue weighted by molar-refractivity contribution is 6.08. The first kappa shape index (κ1) is 26.3. The fourth-order valence-electron chi connectivity index (χ4n) is 4.55. The summed E-state index contributed by atoms with van der Waals surface area (Å²) >= 11 is 0. The van der Waals surface area contributed by atoms with Crippen LogP contribution in [0, 0.1) is 20.8 Å². The Morgan fingerprint density at radius 2 is 1.57 bits per heavy atom. The van der Waals surface area contributed by atoms with Gasteiger partial charge in [0.05, 0.1) is 7.11 Å². The summed E-state index contributed by atoms with van der Waals surface area (Å²) in [6.07, 6.45) is 0.152. The summed E-state index contributed by atoms with van der Waals surface area (Å²) in [5.41, 5.74) is 1.90. The van der Waals surface area contributed by atoms with Gasteiger partial charge in [0.2, 0.25) is 0 Å². The van der Waals surface area contributed by atoms with E-state index in [4.69, 9.17) is 9.47 Å². The van der Waals surface area contributed by atoms with Gasteiger partial charge in [0.15, 0.2) is 5.78 Å². The molecule has 0 radical (unpaired) electrons. The first-order chi connectivity index (χ1) is 16.3. The molecule has 1 aliphatic heterocycles. The number of benzene rings is 2. The molecule has 2 aromatic rings. The Kier molecular flexibility index (Phi) is 7.58. The molecule has 2 aromatic carbocycles. The van der Waals surface area contributed by atoms with E-state index < -0.39 is 17.2 Å². The van der Waals surface area contributed by atoms with E-state index in [2.05, 4.69) is 5.32 Å². The molecule has 188 valence electrons. The normalized spacial score (nSPS) is 15.3. The summed E-state index contributed by atoms with van der Waals surface area (Å²) in [5.74, 6) is 0.110. The number of piperidine rings is 1. The summed E-state index contributed by atoms with van der Waals surface area (Å²) in [5, 5.41) is 3.06. The molecule has 0 aliphatic carbocycles. The number of ketones is 1. The predicted octanol–water partition coefficient (Wildman–Crippen LogP) is 5.00. The van der Waals surface area contributed by atoms with Crippen molar-refractivity contribution in [3.8, 4) is 5.75 Å². The lowest BCUT2D eigenvalue weighted by molar-refractivity contribution is 0.0148. The monoisotopic (exact) mass is 480 g/mol. The maximum Gasteiger partial charge on any atom is 0.410 e. The van der Waals surface area contributed by atoms with Gasteiger partial charge in [-0.15, -0.1) is 0 Å². The molecular weight excluding hydrogens is 444 g/mol. The molecule has 1 saturated heterocycles. The van der Waals surface area contributed by atoms with Crippen molar-refractivity contribution < 1.29 is 23.9 Å². The molecule has 0 saturated carbocycles. The van der Waals surface area contributed by atoms with E-state index in [0.29, 0.717) is 35.5 Å². The summed E-state index contributed by atoms with van der Waals surface area (Å²) in [7, 11) is 1.56. The molecular formula is C28H36N2O5. The lowest BCUT2D eigenvalue weighted by Gasteiger charge is -2.41. The van der Waals surface area contributed by atoms with Crippen LogP contribution in [0.1, 0.15) is 71.0 Å². The van der Waals surface area contributed by atoms with Gasteiger partial charge in [-0.2, -0.15) is 0 Å². The fraction of sp³-hybridized carbons (Fsp3) is 0.464. The molecule has 35 heavy (non-hydrogen) atoms. The van der Waals surface area contributed by atoms with E-state index in [-0.39, 0.29) is 24.5 Å².